The molecular formula is C13H10O. The molecule has 0 radical (unpaired) electrons. The molecule has 0 fully saturated rings. The van der Waals surface area contributed by atoms with Gasteiger partial charge in [-0.05, 0) is 40.4 Å². The molecule has 0 heterocycles. The molecule has 0 aromatic rings. The normalized spacial score (nSPS) is 22.7. The highest BCUT2D eigenvalue weighted by molar-refractivity contribution is 5.71. The van der Waals surface area contributed by atoms with Crippen LogP contribution in [0.4, 0.5) is 0 Å². The maximum atomic E-state index is 8.86. The molecule has 0 saturated heterocycles. The van der Waals surface area contributed by atoms with E-state index < -0.39 is 0 Å². The minimum atomic E-state index is 0.994. The summed E-state index contributed by atoms with van der Waals surface area (Å²) in [7, 11) is 0. The molecular weight excluding hydrogens is 172 g/mol. The van der Waals surface area contributed by atoms with Gasteiger partial charge in [0.05, 0.1) is 6.26 Å². The summed E-state index contributed by atoms with van der Waals surface area (Å²) < 4.78 is 0. The molecule has 3 aliphatic rings. The molecule has 68 valence electrons. The van der Waals surface area contributed by atoms with Crippen LogP contribution in [0.5, 0.6) is 0 Å². The predicted molar refractivity (Wildman–Crippen MR) is 56.8 cm³/mol. The van der Waals surface area contributed by atoms with Gasteiger partial charge in [-0.2, -0.15) is 0 Å². The third kappa shape index (κ3) is 0.896. The van der Waals surface area contributed by atoms with Crippen LogP contribution in [0.25, 0.3) is 0 Å². The van der Waals surface area contributed by atoms with Gasteiger partial charge in [-0.15, -0.1) is 0 Å². The smallest absolute Gasteiger partial charge is 0.0797 e. The fraction of sp³-hybridized carbons (Fsp3) is 0.0769. The van der Waals surface area contributed by atoms with Crippen LogP contribution in [0.2, 0.25) is 0 Å². The minimum Gasteiger partial charge on any atom is -0.516 e. The molecule has 0 amide bonds. The van der Waals surface area contributed by atoms with Crippen molar-refractivity contribution in [3.63, 3.8) is 0 Å². The van der Waals surface area contributed by atoms with Crippen molar-refractivity contribution in [1.29, 1.82) is 0 Å². The predicted octanol–water partition coefficient (Wildman–Crippen LogP) is 3.12. The Morgan fingerprint density at radius 1 is 1.21 bits per heavy atom. The first kappa shape index (κ1) is 7.63. The third-order valence-electron chi connectivity index (χ3n) is 2.85. The molecule has 3 aliphatic carbocycles. The van der Waals surface area contributed by atoms with Gasteiger partial charge in [0.2, 0.25) is 0 Å². The zero-order valence-electron chi connectivity index (χ0n) is 7.70. The zero-order chi connectivity index (χ0) is 9.54. The van der Waals surface area contributed by atoms with E-state index in [0.29, 0.717) is 0 Å². The minimum absolute atomic E-state index is 0.994. The Morgan fingerprint density at radius 2 is 2.14 bits per heavy atom. The zero-order valence-corrected chi connectivity index (χ0v) is 7.70. The van der Waals surface area contributed by atoms with Gasteiger partial charge >= 0.3 is 0 Å². The van der Waals surface area contributed by atoms with Gasteiger partial charge in [-0.1, -0.05) is 30.4 Å². The summed E-state index contributed by atoms with van der Waals surface area (Å²) in [5.74, 6) is 0. The molecule has 1 N–H and O–H groups in total. The lowest BCUT2D eigenvalue weighted by Gasteiger charge is -2.16. The van der Waals surface area contributed by atoms with E-state index in [-0.39, 0.29) is 0 Å². The fourth-order valence-electron chi connectivity index (χ4n) is 2.11. The first-order valence-electron chi connectivity index (χ1n) is 4.74. The van der Waals surface area contributed by atoms with Gasteiger partial charge in [0, 0.05) is 0 Å². The molecule has 2 bridgehead atoms. The van der Waals surface area contributed by atoms with Crippen molar-refractivity contribution in [1.82, 2.24) is 0 Å². The SMILES string of the molecule is O/C=C/C1=C2C=CC(=CC3=CC=C31)C2. The Balaban J connectivity index is 2.19. The van der Waals surface area contributed by atoms with Gasteiger partial charge in [0.15, 0.2) is 0 Å². The number of allylic oxidation sites excluding steroid dienone is 11. The van der Waals surface area contributed by atoms with Crippen LogP contribution in [0.15, 0.2) is 70.6 Å². The van der Waals surface area contributed by atoms with E-state index in [1.807, 2.05) is 0 Å². The van der Waals surface area contributed by atoms with Gasteiger partial charge in [0.1, 0.15) is 0 Å². The Labute approximate surface area is 82.8 Å². The molecule has 1 nitrogen and oxygen atoms in total. The summed E-state index contributed by atoms with van der Waals surface area (Å²) in [4.78, 5) is 0. The maximum Gasteiger partial charge on any atom is 0.0797 e. The van der Waals surface area contributed by atoms with E-state index in [0.717, 1.165) is 18.3 Å². The number of hydrogen-bond acceptors (Lipinski definition) is 1. The summed E-state index contributed by atoms with van der Waals surface area (Å²) >= 11 is 0. The lowest BCUT2D eigenvalue weighted by Crippen LogP contribution is -1.98. The standard InChI is InChI=1S/C13H10O/c14-6-5-13-10-2-1-9(7-10)8-11-3-4-12(11)13/h1-6,8,14H,7H2/b6-5+. The summed E-state index contributed by atoms with van der Waals surface area (Å²) in [6.07, 6.45) is 14.6. The van der Waals surface area contributed by atoms with Crippen molar-refractivity contribution in [2.24, 2.45) is 0 Å². The third-order valence-corrected chi connectivity index (χ3v) is 2.85. The van der Waals surface area contributed by atoms with Gasteiger partial charge in [0.25, 0.3) is 0 Å². The molecule has 0 aromatic heterocycles. The van der Waals surface area contributed by atoms with E-state index in [9.17, 15) is 0 Å². The maximum absolute atomic E-state index is 8.86. The van der Waals surface area contributed by atoms with Crippen LogP contribution < -0.4 is 0 Å². The van der Waals surface area contributed by atoms with Gasteiger partial charge < -0.3 is 5.11 Å². The first-order valence-corrected chi connectivity index (χ1v) is 4.74. The van der Waals surface area contributed by atoms with E-state index in [2.05, 4.69) is 30.4 Å². The van der Waals surface area contributed by atoms with Crippen LogP contribution >= 0.6 is 0 Å². The van der Waals surface area contributed by atoms with Crippen molar-refractivity contribution in [2.45, 2.75) is 6.42 Å². The second-order valence-electron chi connectivity index (χ2n) is 3.69. The Bertz CT molecular complexity index is 479. The highest BCUT2D eigenvalue weighted by Gasteiger charge is 2.22. The molecule has 0 unspecified atom stereocenters. The van der Waals surface area contributed by atoms with E-state index >= 15 is 0 Å². The van der Waals surface area contributed by atoms with E-state index in [1.165, 1.54) is 22.3 Å². The Kier molecular flexibility index (Phi) is 1.42. The van der Waals surface area contributed by atoms with Crippen molar-refractivity contribution in [2.75, 3.05) is 0 Å². The molecule has 0 aliphatic heterocycles. The number of hydrogen-bond donors (Lipinski definition) is 1. The van der Waals surface area contributed by atoms with Crippen LogP contribution in [-0.4, -0.2) is 5.11 Å². The van der Waals surface area contributed by atoms with Gasteiger partial charge in [-0.25, -0.2) is 0 Å². The van der Waals surface area contributed by atoms with Crippen LogP contribution in [0.1, 0.15) is 6.42 Å². The monoisotopic (exact) mass is 182 g/mol. The van der Waals surface area contributed by atoms with Crippen molar-refractivity contribution >= 4 is 0 Å². The summed E-state index contributed by atoms with van der Waals surface area (Å²) in [6.45, 7) is 0. The van der Waals surface area contributed by atoms with Gasteiger partial charge in [-0.3, -0.25) is 0 Å². The second kappa shape index (κ2) is 2.61. The molecule has 0 spiro atoms. The highest BCUT2D eigenvalue weighted by Crippen LogP contribution is 2.40. The number of rotatable bonds is 1. The van der Waals surface area contributed by atoms with E-state index in [4.69, 9.17) is 5.11 Å². The lowest BCUT2D eigenvalue weighted by atomic mass is 9.88. The van der Waals surface area contributed by atoms with Crippen LogP contribution in [-0.2, 0) is 0 Å². The number of aliphatic hydroxyl groups excluding tert-OH is 1. The molecule has 14 heavy (non-hydrogen) atoms. The lowest BCUT2D eigenvalue weighted by molar-refractivity contribution is 0.473. The average Bonchev–Trinajstić information content (AvgIpc) is 2.56. The molecule has 0 aromatic carbocycles. The van der Waals surface area contributed by atoms with E-state index in [1.54, 1.807) is 6.08 Å². The number of fused-ring (bicyclic) bond motifs is 3. The Hall–Kier alpha value is -1.76. The topological polar surface area (TPSA) is 20.2 Å². The molecule has 1 heteroatoms. The van der Waals surface area contributed by atoms with Crippen molar-refractivity contribution < 1.29 is 5.11 Å². The summed E-state index contributed by atoms with van der Waals surface area (Å²) in [5, 5.41) is 8.86. The second-order valence-corrected chi connectivity index (χ2v) is 3.69. The summed E-state index contributed by atoms with van der Waals surface area (Å²) in [6, 6.07) is 0. The number of aliphatic hydroxyl groups is 1. The Morgan fingerprint density at radius 3 is 2.86 bits per heavy atom. The average molecular weight is 182 g/mol. The molecule has 0 saturated carbocycles. The molecule has 3 rings (SSSR count). The quantitative estimate of drug-likeness (QED) is 0.618. The van der Waals surface area contributed by atoms with Crippen LogP contribution in [0.3, 0.4) is 0 Å². The van der Waals surface area contributed by atoms with Crippen LogP contribution in [0, 0.1) is 0 Å². The highest BCUT2D eigenvalue weighted by atomic mass is 16.2. The fourth-order valence-corrected chi connectivity index (χ4v) is 2.11. The largest absolute Gasteiger partial charge is 0.516 e. The first-order chi connectivity index (χ1) is 6.88. The van der Waals surface area contributed by atoms with Crippen molar-refractivity contribution in [3.8, 4) is 0 Å². The summed E-state index contributed by atoms with van der Waals surface area (Å²) in [5.41, 5.74) is 6.36. The van der Waals surface area contributed by atoms with Crippen molar-refractivity contribution in [3.05, 3.63) is 70.6 Å². The molecule has 0 atom stereocenters.